The van der Waals surface area contributed by atoms with Crippen LogP contribution in [0.5, 0.6) is 0 Å². The average molecular weight is 303 g/mol. The molecule has 0 bridgehead atoms. The fourth-order valence-corrected chi connectivity index (χ4v) is 4.57. The van der Waals surface area contributed by atoms with Crippen LogP contribution in [0.2, 0.25) is 0 Å². The van der Waals surface area contributed by atoms with Crippen LogP contribution in [0.4, 0.5) is 5.69 Å². The summed E-state index contributed by atoms with van der Waals surface area (Å²) in [6.07, 6.45) is 8.02. The van der Waals surface area contributed by atoms with Crippen molar-refractivity contribution >= 4 is 28.5 Å². The molecular weight excluding hydrogens is 282 g/mol. The maximum Gasteiger partial charge on any atom is 0.166 e. The number of aromatic nitrogens is 2. The first-order chi connectivity index (χ1) is 10.2. The zero-order valence-corrected chi connectivity index (χ0v) is 12.9. The Morgan fingerprint density at radius 3 is 3.05 bits per heavy atom. The van der Waals surface area contributed by atoms with Gasteiger partial charge in [0.15, 0.2) is 5.16 Å². The Morgan fingerprint density at radius 2 is 2.19 bits per heavy atom. The van der Waals surface area contributed by atoms with Gasteiger partial charge in [-0.3, -0.25) is 0 Å². The minimum absolute atomic E-state index is 0.230. The summed E-state index contributed by atoms with van der Waals surface area (Å²) in [5.41, 5.74) is 8.79. The summed E-state index contributed by atoms with van der Waals surface area (Å²) in [5, 5.41) is 0.964. The number of thioether (sulfide) groups is 1. The maximum absolute atomic E-state index is 6.34. The zero-order chi connectivity index (χ0) is 14.3. The number of anilines is 1. The molecule has 1 aliphatic carbocycles. The van der Waals surface area contributed by atoms with Crippen LogP contribution >= 0.6 is 11.8 Å². The quantitative estimate of drug-likeness (QED) is 0.670. The molecule has 5 heteroatoms. The van der Waals surface area contributed by atoms with Gasteiger partial charge in [-0.2, -0.15) is 0 Å². The molecule has 21 heavy (non-hydrogen) atoms. The van der Waals surface area contributed by atoms with E-state index in [1.165, 1.54) is 38.5 Å². The van der Waals surface area contributed by atoms with Gasteiger partial charge in [0.05, 0.1) is 22.7 Å². The summed E-state index contributed by atoms with van der Waals surface area (Å²) in [6, 6.07) is 5.79. The normalized spacial score (nSPS) is 24.3. The monoisotopic (exact) mass is 303 g/mol. The van der Waals surface area contributed by atoms with E-state index in [1.807, 2.05) is 18.2 Å². The molecule has 2 heterocycles. The predicted molar refractivity (Wildman–Crippen MR) is 86.5 cm³/mol. The molecule has 1 saturated carbocycles. The van der Waals surface area contributed by atoms with Crippen LogP contribution in [0, 0.1) is 0 Å². The molecule has 1 aliphatic heterocycles. The van der Waals surface area contributed by atoms with Gasteiger partial charge in [-0.1, -0.05) is 24.6 Å². The minimum Gasteiger partial charge on any atom is -0.399 e. The number of aromatic amines is 1. The highest BCUT2D eigenvalue weighted by atomic mass is 32.2. The minimum atomic E-state index is 0.230. The maximum atomic E-state index is 6.34. The molecule has 2 aliphatic rings. The largest absolute Gasteiger partial charge is 0.399 e. The van der Waals surface area contributed by atoms with Crippen molar-refractivity contribution in [3.05, 3.63) is 18.2 Å². The molecule has 2 fully saturated rings. The van der Waals surface area contributed by atoms with E-state index in [2.05, 4.69) is 9.97 Å². The SMILES string of the molecule is Nc1ccc2nc(SCC3CCC4(CCCC4)O3)[nH]c2c1. The number of nitrogens with two attached hydrogens (primary N) is 1. The van der Waals surface area contributed by atoms with E-state index in [0.29, 0.717) is 6.10 Å². The van der Waals surface area contributed by atoms with Gasteiger partial charge in [-0.05, 0) is 43.9 Å². The highest BCUT2D eigenvalue weighted by Gasteiger charge is 2.41. The van der Waals surface area contributed by atoms with Crippen molar-refractivity contribution in [3.8, 4) is 0 Å². The molecule has 4 nitrogen and oxygen atoms in total. The Balaban J connectivity index is 1.39. The molecule has 112 valence electrons. The van der Waals surface area contributed by atoms with E-state index in [-0.39, 0.29) is 5.60 Å². The van der Waals surface area contributed by atoms with Gasteiger partial charge in [0.2, 0.25) is 0 Å². The third-order valence-corrected chi connectivity index (χ3v) is 5.75. The van der Waals surface area contributed by atoms with Crippen molar-refractivity contribution in [2.45, 2.75) is 55.4 Å². The number of imidazole rings is 1. The van der Waals surface area contributed by atoms with E-state index in [0.717, 1.165) is 27.6 Å². The number of ether oxygens (including phenoxy) is 1. The van der Waals surface area contributed by atoms with Crippen molar-refractivity contribution in [1.29, 1.82) is 0 Å². The van der Waals surface area contributed by atoms with Crippen LogP contribution in [0.15, 0.2) is 23.4 Å². The second-order valence-electron chi connectivity index (χ2n) is 6.30. The molecule has 1 aromatic carbocycles. The van der Waals surface area contributed by atoms with E-state index < -0.39 is 0 Å². The van der Waals surface area contributed by atoms with E-state index >= 15 is 0 Å². The molecule has 0 radical (unpaired) electrons. The molecule has 1 spiro atoms. The Kier molecular flexibility index (Phi) is 3.34. The van der Waals surface area contributed by atoms with Crippen molar-refractivity contribution in [3.63, 3.8) is 0 Å². The fourth-order valence-electron chi connectivity index (χ4n) is 3.64. The highest BCUT2D eigenvalue weighted by molar-refractivity contribution is 7.99. The smallest absolute Gasteiger partial charge is 0.166 e. The van der Waals surface area contributed by atoms with Crippen molar-refractivity contribution in [1.82, 2.24) is 9.97 Å². The van der Waals surface area contributed by atoms with Crippen molar-refractivity contribution in [2.75, 3.05) is 11.5 Å². The van der Waals surface area contributed by atoms with Gasteiger partial charge in [0, 0.05) is 11.4 Å². The van der Waals surface area contributed by atoms with Gasteiger partial charge in [-0.25, -0.2) is 4.98 Å². The van der Waals surface area contributed by atoms with Gasteiger partial charge < -0.3 is 15.5 Å². The zero-order valence-electron chi connectivity index (χ0n) is 12.1. The second kappa shape index (κ2) is 5.21. The molecular formula is C16H21N3OS. The number of rotatable bonds is 3. The summed E-state index contributed by atoms with van der Waals surface area (Å²) < 4.78 is 6.34. The van der Waals surface area contributed by atoms with Gasteiger partial charge >= 0.3 is 0 Å². The first kappa shape index (κ1) is 13.5. The Labute approximate surface area is 128 Å². The fraction of sp³-hybridized carbons (Fsp3) is 0.562. The van der Waals surface area contributed by atoms with E-state index in [1.54, 1.807) is 11.8 Å². The molecule has 2 aromatic rings. The first-order valence-corrected chi connectivity index (χ1v) is 8.77. The number of nitrogens with one attached hydrogen (secondary N) is 1. The van der Waals surface area contributed by atoms with Crippen LogP contribution in [0.25, 0.3) is 11.0 Å². The number of nitrogens with zero attached hydrogens (tertiary/aromatic N) is 1. The van der Waals surface area contributed by atoms with Crippen molar-refractivity contribution in [2.24, 2.45) is 0 Å². The van der Waals surface area contributed by atoms with E-state index in [9.17, 15) is 0 Å². The van der Waals surface area contributed by atoms with Crippen LogP contribution in [0.1, 0.15) is 38.5 Å². The van der Waals surface area contributed by atoms with Gasteiger partial charge in [-0.15, -0.1) is 0 Å². The lowest BCUT2D eigenvalue weighted by Crippen LogP contribution is -2.25. The first-order valence-electron chi connectivity index (χ1n) is 7.78. The topological polar surface area (TPSA) is 63.9 Å². The van der Waals surface area contributed by atoms with E-state index in [4.69, 9.17) is 10.5 Å². The summed E-state index contributed by atoms with van der Waals surface area (Å²) in [7, 11) is 0. The summed E-state index contributed by atoms with van der Waals surface area (Å²) in [6.45, 7) is 0. The molecule has 1 saturated heterocycles. The number of hydrogen-bond acceptors (Lipinski definition) is 4. The standard InChI is InChI=1S/C16H21N3OS/c17-11-3-4-13-14(9-11)19-15(18-13)21-10-12-5-8-16(20-12)6-1-2-7-16/h3-4,9,12H,1-2,5-8,10,17H2,(H,18,19). The molecule has 3 N–H and O–H groups in total. The number of fused-ring (bicyclic) bond motifs is 1. The van der Waals surface area contributed by atoms with Gasteiger partial charge in [0.25, 0.3) is 0 Å². The number of H-pyrrole nitrogens is 1. The molecule has 0 amide bonds. The lowest BCUT2D eigenvalue weighted by molar-refractivity contribution is -0.0267. The summed E-state index contributed by atoms with van der Waals surface area (Å²) >= 11 is 1.76. The Hall–Kier alpha value is -1.20. The Morgan fingerprint density at radius 1 is 1.33 bits per heavy atom. The van der Waals surface area contributed by atoms with Crippen LogP contribution in [0.3, 0.4) is 0 Å². The lowest BCUT2D eigenvalue weighted by atomic mass is 9.98. The number of nitrogen functional groups attached to an aromatic ring is 1. The predicted octanol–water partition coefficient (Wildman–Crippen LogP) is 3.73. The molecule has 1 aromatic heterocycles. The van der Waals surface area contributed by atoms with Gasteiger partial charge in [0.1, 0.15) is 0 Å². The Bertz CT molecular complexity index is 648. The van der Waals surface area contributed by atoms with Crippen molar-refractivity contribution < 1.29 is 4.74 Å². The second-order valence-corrected chi connectivity index (χ2v) is 7.31. The third kappa shape index (κ3) is 2.64. The lowest BCUT2D eigenvalue weighted by Gasteiger charge is -2.23. The third-order valence-electron chi connectivity index (χ3n) is 4.74. The van der Waals surface area contributed by atoms with Crippen LogP contribution in [-0.4, -0.2) is 27.4 Å². The number of hydrogen-bond donors (Lipinski definition) is 2. The van der Waals surface area contributed by atoms with Crippen LogP contribution in [-0.2, 0) is 4.74 Å². The summed E-state index contributed by atoms with van der Waals surface area (Å²) in [5.74, 6) is 0.983. The summed E-state index contributed by atoms with van der Waals surface area (Å²) in [4.78, 5) is 7.94. The van der Waals surface area contributed by atoms with Crippen LogP contribution < -0.4 is 5.73 Å². The molecule has 4 rings (SSSR count). The molecule has 1 atom stereocenters. The molecule has 1 unspecified atom stereocenters. The average Bonchev–Trinajstić information content (AvgIpc) is 3.18. The highest BCUT2D eigenvalue weighted by Crippen LogP contribution is 2.44. The number of benzene rings is 1.